The molecule has 6 heteroatoms. The topological polar surface area (TPSA) is 72.9 Å². The minimum absolute atomic E-state index is 0.0399. The Morgan fingerprint density at radius 3 is 2.18 bits per heavy atom. The molecule has 0 N–H and O–H groups in total. The van der Waals surface area contributed by atoms with Gasteiger partial charge in [0.2, 0.25) is 0 Å². The van der Waals surface area contributed by atoms with E-state index in [0.29, 0.717) is 31.5 Å². The number of ether oxygens (including phenoxy) is 2. The molecular weight excluding hydrogens is 286 g/mol. The lowest BCUT2D eigenvalue weighted by Gasteiger charge is -2.38. The lowest BCUT2D eigenvalue weighted by Crippen LogP contribution is -2.48. The minimum Gasteiger partial charge on any atom is -0.461 e. The van der Waals surface area contributed by atoms with Crippen LogP contribution < -0.4 is 0 Å². The summed E-state index contributed by atoms with van der Waals surface area (Å²) in [5.74, 6) is -2.04. The van der Waals surface area contributed by atoms with Crippen LogP contribution in [0.25, 0.3) is 0 Å². The Balaban J connectivity index is 1.93. The van der Waals surface area contributed by atoms with Gasteiger partial charge in [0.1, 0.15) is 5.60 Å². The van der Waals surface area contributed by atoms with Crippen LogP contribution in [0.5, 0.6) is 0 Å². The standard InChI is InChI=1S/C16H19NO5/c1-16(22-15(20)14(19)21-2)8-10-17(11-9-16)13(18)12-6-4-3-5-7-12/h3-7H,8-11H2,1-2H3. The fraction of sp³-hybridized carbons (Fsp3) is 0.438. The molecule has 0 radical (unpaired) electrons. The van der Waals surface area contributed by atoms with Crippen LogP contribution in [0.2, 0.25) is 0 Å². The number of likely N-dealkylation sites (tertiary alicyclic amines) is 1. The van der Waals surface area contributed by atoms with Crippen LogP contribution >= 0.6 is 0 Å². The highest BCUT2D eigenvalue weighted by Gasteiger charge is 2.37. The molecule has 0 aliphatic carbocycles. The predicted molar refractivity (Wildman–Crippen MR) is 78.1 cm³/mol. The van der Waals surface area contributed by atoms with E-state index in [4.69, 9.17) is 4.74 Å². The number of hydrogen-bond acceptors (Lipinski definition) is 5. The third kappa shape index (κ3) is 3.63. The van der Waals surface area contributed by atoms with Gasteiger partial charge in [-0.15, -0.1) is 0 Å². The molecule has 6 nitrogen and oxygen atoms in total. The number of piperidine rings is 1. The van der Waals surface area contributed by atoms with Gasteiger partial charge in [-0.2, -0.15) is 0 Å². The van der Waals surface area contributed by atoms with Gasteiger partial charge >= 0.3 is 11.9 Å². The Morgan fingerprint density at radius 2 is 1.64 bits per heavy atom. The van der Waals surface area contributed by atoms with Crippen LogP contribution in [-0.4, -0.2) is 48.5 Å². The molecule has 0 atom stereocenters. The Kier molecular flexibility index (Phi) is 4.80. The second kappa shape index (κ2) is 6.60. The molecule has 1 aliphatic rings. The summed E-state index contributed by atoms with van der Waals surface area (Å²) in [6.07, 6.45) is 0.961. The average Bonchev–Trinajstić information content (AvgIpc) is 2.54. The molecule has 1 heterocycles. The van der Waals surface area contributed by atoms with Crippen LogP contribution in [0.4, 0.5) is 0 Å². The second-order valence-electron chi connectivity index (χ2n) is 5.49. The normalized spacial score (nSPS) is 16.7. The van der Waals surface area contributed by atoms with Crippen LogP contribution in [-0.2, 0) is 19.1 Å². The first-order chi connectivity index (χ1) is 10.4. The quantitative estimate of drug-likeness (QED) is 0.610. The van der Waals surface area contributed by atoms with Crippen LogP contribution in [0.1, 0.15) is 30.1 Å². The summed E-state index contributed by atoms with van der Waals surface area (Å²) in [4.78, 5) is 36.7. The molecule has 1 saturated heterocycles. The zero-order chi connectivity index (χ0) is 16.2. The molecule has 1 aromatic carbocycles. The monoisotopic (exact) mass is 305 g/mol. The van der Waals surface area contributed by atoms with Crippen molar-refractivity contribution in [2.45, 2.75) is 25.4 Å². The third-order valence-electron chi connectivity index (χ3n) is 3.82. The highest BCUT2D eigenvalue weighted by molar-refractivity contribution is 6.29. The van der Waals surface area contributed by atoms with Gasteiger partial charge in [-0.1, -0.05) is 18.2 Å². The molecule has 1 amide bonds. The molecular formula is C16H19NO5. The smallest absolute Gasteiger partial charge is 0.418 e. The maximum Gasteiger partial charge on any atom is 0.418 e. The van der Waals surface area contributed by atoms with E-state index < -0.39 is 17.5 Å². The SMILES string of the molecule is COC(=O)C(=O)OC1(C)CCN(C(=O)c2ccccc2)CC1. The van der Waals surface area contributed by atoms with Crippen molar-refractivity contribution >= 4 is 17.8 Å². The van der Waals surface area contributed by atoms with Gasteiger partial charge in [-0.25, -0.2) is 9.59 Å². The molecule has 22 heavy (non-hydrogen) atoms. The second-order valence-corrected chi connectivity index (χ2v) is 5.49. The van der Waals surface area contributed by atoms with Crippen molar-refractivity contribution in [1.82, 2.24) is 4.90 Å². The molecule has 0 bridgehead atoms. The van der Waals surface area contributed by atoms with Gasteiger partial charge in [-0.3, -0.25) is 4.79 Å². The van der Waals surface area contributed by atoms with Crippen molar-refractivity contribution in [1.29, 1.82) is 0 Å². The van der Waals surface area contributed by atoms with Crippen molar-refractivity contribution in [2.75, 3.05) is 20.2 Å². The Hall–Kier alpha value is -2.37. The Bertz CT molecular complexity index is 561. The van der Waals surface area contributed by atoms with Gasteiger partial charge in [0.25, 0.3) is 5.91 Å². The molecule has 1 aliphatic heterocycles. The van der Waals surface area contributed by atoms with Crippen molar-refractivity contribution in [3.05, 3.63) is 35.9 Å². The van der Waals surface area contributed by atoms with E-state index in [2.05, 4.69) is 4.74 Å². The first-order valence-corrected chi connectivity index (χ1v) is 7.11. The fourth-order valence-corrected chi connectivity index (χ4v) is 2.40. The molecule has 1 fully saturated rings. The molecule has 0 spiro atoms. The Labute approximate surface area is 129 Å². The lowest BCUT2D eigenvalue weighted by atomic mass is 9.93. The number of hydrogen-bond donors (Lipinski definition) is 0. The zero-order valence-electron chi connectivity index (χ0n) is 12.7. The summed E-state index contributed by atoms with van der Waals surface area (Å²) < 4.78 is 9.55. The zero-order valence-corrected chi connectivity index (χ0v) is 12.7. The summed E-state index contributed by atoms with van der Waals surface area (Å²) in [7, 11) is 1.13. The molecule has 2 rings (SSSR count). The summed E-state index contributed by atoms with van der Waals surface area (Å²) in [6, 6.07) is 9.04. The number of amides is 1. The highest BCUT2D eigenvalue weighted by atomic mass is 16.6. The van der Waals surface area contributed by atoms with Crippen molar-refractivity contribution in [3.63, 3.8) is 0 Å². The number of methoxy groups -OCH3 is 1. The average molecular weight is 305 g/mol. The van der Waals surface area contributed by atoms with E-state index in [1.807, 2.05) is 18.2 Å². The van der Waals surface area contributed by atoms with E-state index in [0.717, 1.165) is 7.11 Å². The first kappa shape index (κ1) is 16.0. The van der Waals surface area contributed by atoms with E-state index in [9.17, 15) is 14.4 Å². The van der Waals surface area contributed by atoms with Crippen LogP contribution in [0, 0.1) is 0 Å². The molecule has 1 aromatic rings. The van der Waals surface area contributed by atoms with E-state index in [1.54, 1.807) is 24.0 Å². The van der Waals surface area contributed by atoms with Gasteiger partial charge < -0.3 is 14.4 Å². The first-order valence-electron chi connectivity index (χ1n) is 7.11. The number of carbonyl (C=O) groups excluding carboxylic acids is 3. The maximum atomic E-state index is 12.3. The van der Waals surface area contributed by atoms with Gasteiger partial charge in [0.15, 0.2) is 0 Å². The van der Waals surface area contributed by atoms with Gasteiger partial charge in [0.05, 0.1) is 7.11 Å². The largest absolute Gasteiger partial charge is 0.461 e. The molecule has 0 unspecified atom stereocenters. The van der Waals surface area contributed by atoms with Crippen LogP contribution in [0.3, 0.4) is 0 Å². The summed E-state index contributed by atoms with van der Waals surface area (Å²) >= 11 is 0. The molecule has 118 valence electrons. The van der Waals surface area contributed by atoms with E-state index >= 15 is 0 Å². The number of rotatable bonds is 2. The predicted octanol–water partition coefficient (Wildman–Crippen LogP) is 1.40. The summed E-state index contributed by atoms with van der Waals surface area (Å²) in [5.41, 5.74) is -0.115. The number of carbonyl (C=O) groups is 3. The van der Waals surface area contributed by atoms with Crippen LogP contribution in [0.15, 0.2) is 30.3 Å². The van der Waals surface area contributed by atoms with Gasteiger partial charge in [-0.05, 0) is 19.1 Å². The van der Waals surface area contributed by atoms with Crippen molar-refractivity contribution in [2.24, 2.45) is 0 Å². The minimum atomic E-state index is -1.01. The van der Waals surface area contributed by atoms with E-state index in [1.165, 1.54) is 0 Å². The summed E-state index contributed by atoms with van der Waals surface area (Å²) in [6.45, 7) is 2.70. The van der Waals surface area contributed by atoms with Crippen molar-refractivity contribution < 1.29 is 23.9 Å². The maximum absolute atomic E-state index is 12.3. The highest BCUT2D eigenvalue weighted by Crippen LogP contribution is 2.27. The number of nitrogens with zero attached hydrogens (tertiary/aromatic N) is 1. The number of benzene rings is 1. The van der Waals surface area contributed by atoms with Crippen molar-refractivity contribution in [3.8, 4) is 0 Å². The van der Waals surface area contributed by atoms with Gasteiger partial charge in [0, 0.05) is 31.5 Å². The lowest BCUT2D eigenvalue weighted by molar-refractivity contribution is -0.177. The summed E-state index contributed by atoms with van der Waals surface area (Å²) in [5, 5.41) is 0. The number of esters is 2. The fourth-order valence-electron chi connectivity index (χ4n) is 2.40. The Morgan fingerprint density at radius 1 is 1.05 bits per heavy atom. The molecule has 0 aromatic heterocycles. The third-order valence-corrected chi connectivity index (χ3v) is 3.82. The van der Waals surface area contributed by atoms with E-state index in [-0.39, 0.29) is 5.91 Å². The molecule has 0 saturated carbocycles.